The van der Waals surface area contributed by atoms with Gasteiger partial charge < -0.3 is 25.6 Å². The number of alkyl carbamates (subject to hydrolysis) is 1. The van der Waals surface area contributed by atoms with Gasteiger partial charge in [-0.25, -0.2) is 4.79 Å². The molecule has 43 heavy (non-hydrogen) atoms. The fourth-order valence-corrected chi connectivity index (χ4v) is 6.10. The van der Waals surface area contributed by atoms with E-state index in [0.717, 1.165) is 24.0 Å². The lowest BCUT2D eigenvalue weighted by atomic mass is 9.80. The molecule has 0 aromatic heterocycles. The van der Waals surface area contributed by atoms with Crippen LogP contribution in [0, 0.1) is 22.7 Å². The number of nitrogens with zero attached hydrogens (tertiary/aromatic N) is 2. The Kier molecular flexibility index (Phi) is 8.45. The van der Waals surface area contributed by atoms with E-state index in [1.807, 2.05) is 75.4 Å². The molecule has 226 valence electrons. The third-order valence-corrected chi connectivity index (χ3v) is 8.43. The molecule has 2 fully saturated rings. The van der Waals surface area contributed by atoms with E-state index in [0.29, 0.717) is 24.4 Å². The van der Waals surface area contributed by atoms with Crippen LogP contribution in [-0.2, 0) is 31.1 Å². The summed E-state index contributed by atoms with van der Waals surface area (Å²) >= 11 is 0. The highest BCUT2D eigenvalue weighted by atomic mass is 16.5. The normalized spacial score (nSPS) is 22.2. The van der Waals surface area contributed by atoms with Gasteiger partial charge in [0.15, 0.2) is 0 Å². The van der Waals surface area contributed by atoms with Gasteiger partial charge in [-0.05, 0) is 41.4 Å². The first-order valence-corrected chi connectivity index (χ1v) is 14.9. The summed E-state index contributed by atoms with van der Waals surface area (Å²) in [6.45, 7) is 6.01. The van der Waals surface area contributed by atoms with Gasteiger partial charge in [0.25, 0.3) is 0 Å². The summed E-state index contributed by atoms with van der Waals surface area (Å²) < 4.78 is 5.37. The first-order chi connectivity index (χ1) is 20.5. The summed E-state index contributed by atoms with van der Waals surface area (Å²) in [5.41, 5.74) is 0.909. The van der Waals surface area contributed by atoms with Crippen LogP contribution in [0.25, 0.3) is 0 Å². The number of carbonyl (C=O) groups is 4. The Hall–Kier alpha value is -4.39. The number of amides is 4. The molecule has 10 nitrogen and oxygen atoms in total. The summed E-state index contributed by atoms with van der Waals surface area (Å²) in [4.78, 5) is 55.2. The van der Waals surface area contributed by atoms with E-state index in [2.05, 4.69) is 22.0 Å². The molecule has 10 heteroatoms. The molecule has 1 saturated carbocycles. The van der Waals surface area contributed by atoms with E-state index in [1.54, 1.807) is 0 Å². The number of ether oxygens (including phenoxy) is 1. The van der Waals surface area contributed by atoms with Gasteiger partial charge in [-0.15, -0.1) is 0 Å². The second kappa shape index (κ2) is 12.1. The SMILES string of the molecule is CC(C)(C)C[C@H](NC(=O)[C@H](CC1CC1)NC(=O)OCc1ccccc1)C(=O)N1C[C@]2(C[C@H]1C#N)C(=O)Nc1ccccc12. The van der Waals surface area contributed by atoms with Crippen molar-refractivity contribution >= 4 is 29.5 Å². The molecule has 0 unspecified atom stereocenters. The zero-order valence-electron chi connectivity index (χ0n) is 24.9. The van der Waals surface area contributed by atoms with Gasteiger partial charge in [-0.3, -0.25) is 14.4 Å². The number of likely N-dealkylation sites (tertiary alicyclic amines) is 1. The molecule has 1 aliphatic carbocycles. The van der Waals surface area contributed by atoms with Crippen molar-refractivity contribution < 1.29 is 23.9 Å². The minimum Gasteiger partial charge on any atom is -0.445 e. The molecule has 5 rings (SSSR count). The molecule has 0 bridgehead atoms. The monoisotopic (exact) mass is 585 g/mol. The van der Waals surface area contributed by atoms with Gasteiger partial charge in [0.2, 0.25) is 17.7 Å². The maximum atomic E-state index is 14.1. The summed E-state index contributed by atoms with van der Waals surface area (Å²) in [5.74, 6) is -0.814. The van der Waals surface area contributed by atoms with Gasteiger partial charge in [0.05, 0.1) is 11.5 Å². The number of benzene rings is 2. The van der Waals surface area contributed by atoms with Gasteiger partial charge >= 0.3 is 6.09 Å². The molecule has 1 spiro atoms. The molecule has 4 amide bonds. The molecular formula is C33H39N5O5. The molecule has 3 N–H and O–H groups in total. The van der Waals surface area contributed by atoms with Crippen molar-refractivity contribution in [1.29, 1.82) is 5.26 Å². The van der Waals surface area contributed by atoms with Gasteiger partial charge in [0.1, 0.15) is 24.7 Å². The molecule has 2 aromatic carbocycles. The van der Waals surface area contributed by atoms with Crippen LogP contribution < -0.4 is 16.0 Å². The van der Waals surface area contributed by atoms with Crippen molar-refractivity contribution in [3.8, 4) is 6.07 Å². The average Bonchev–Trinajstić information content (AvgIpc) is 3.64. The Morgan fingerprint density at radius 3 is 2.44 bits per heavy atom. The third kappa shape index (κ3) is 6.82. The lowest BCUT2D eigenvalue weighted by Crippen LogP contribution is -2.56. The number of rotatable bonds is 9. The molecule has 3 aliphatic rings. The number of carbonyl (C=O) groups excluding carboxylic acids is 4. The summed E-state index contributed by atoms with van der Waals surface area (Å²) in [6, 6.07) is 16.1. The number of fused-ring (bicyclic) bond motifs is 2. The van der Waals surface area contributed by atoms with Crippen molar-refractivity contribution in [2.75, 3.05) is 11.9 Å². The zero-order chi connectivity index (χ0) is 30.8. The smallest absolute Gasteiger partial charge is 0.408 e. The second-order valence-corrected chi connectivity index (χ2v) is 13.2. The maximum Gasteiger partial charge on any atom is 0.408 e. The topological polar surface area (TPSA) is 141 Å². The van der Waals surface area contributed by atoms with Crippen molar-refractivity contribution in [1.82, 2.24) is 15.5 Å². The van der Waals surface area contributed by atoms with Crippen LogP contribution >= 0.6 is 0 Å². The molecule has 2 aliphatic heterocycles. The number of anilines is 1. The minimum atomic E-state index is -1.03. The number of nitriles is 1. The number of hydrogen-bond donors (Lipinski definition) is 3. The van der Waals surface area contributed by atoms with Crippen LogP contribution in [0.5, 0.6) is 0 Å². The Bertz CT molecular complexity index is 1430. The first kappa shape index (κ1) is 30.1. The van der Waals surface area contributed by atoms with E-state index in [1.165, 1.54) is 4.90 Å². The van der Waals surface area contributed by atoms with Crippen LogP contribution in [-0.4, -0.2) is 53.4 Å². The van der Waals surface area contributed by atoms with Crippen LogP contribution in [0.15, 0.2) is 54.6 Å². The summed E-state index contributed by atoms with van der Waals surface area (Å²) in [7, 11) is 0. The summed E-state index contributed by atoms with van der Waals surface area (Å²) in [5, 5.41) is 18.6. The number of nitrogens with one attached hydrogen (secondary N) is 3. The molecule has 4 atom stereocenters. The van der Waals surface area contributed by atoms with E-state index < -0.39 is 41.4 Å². The molecule has 0 radical (unpaired) electrons. The maximum absolute atomic E-state index is 14.1. The van der Waals surface area contributed by atoms with Crippen LogP contribution in [0.2, 0.25) is 0 Å². The second-order valence-electron chi connectivity index (χ2n) is 13.2. The Labute approximate surface area is 252 Å². The molecule has 1 saturated heterocycles. The van der Waals surface area contributed by atoms with Crippen LogP contribution in [0.1, 0.15) is 64.0 Å². The van der Waals surface area contributed by atoms with Gasteiger partial charge in [-0.1, -0.05) is 82.1 Å². The summed E-state index contributed by atoms with van der Waals surface area (Å²) in [6.07, 6.45) is 2.15. The third-order valence-electron chi connectivity index (χ3n) is 8.43. The highest BCUT2D eigenvalue weighted by Crippen LogP contribution is 2.46. The van der Waals surface area contributed by atoms with E-state index in [-0.39, 0.29) is 30.9 Å². The standard InChI is InChI=1S/C33H39N5O5/c1-32(2,3)17-27(29(40)38-20-33(16-23(38)18-34)24-11-7-8-12-25(24)36-30(33)41)35-28(39)26(15-21-13-14-21)37-31(42)43-19-22-9-5-4-6-10-22/h4-12,21,23,26-27H,13-17,19-20H2,1-3H3,(H,35,39)(H,36,41)(H,37,42)/t23-,26-,27-,33-/m0/s1. The van der Waals surface area contributed by atoms with Crippen molar-refractivity contribution in [3.05, 3.63) is 65.7 Å². The number of hydrogen-bond acceptors (Lipinski definition) is 6. The van der Waals surface area contributed by atoms with Crippen LogP contribution in [0.4, 0.5) is 10.5 Å². The van der Waals surface area contributed by atoms with Crippen molar-refractivity contribution in [2.45, 2.75) is 83.0 Å². The van der Waals surface area contributed by atoms with Crippen molar-refractivity contribution in [2.24, 2.45) is 11.3 Å². The van der Waals surface area contributed by atoms with Gasteiger partial charge in [-0.2, -0.15) is 5.26 Å². The average molecular weight is 586 g/mol. The lowest BCUT2D eigenvalue weighted by molar-refractivity contribution is -0.138. The Morgan fingerprint density at radius 2 is 1.77 bits per heavy atom. The highest BCUT2D eigenvalue weighted by Gasteiger charge is 2.56. The number of para-hydroxylation sites is 1. The Morgan fingerprint density at radius 1 is 1.07 bits per heavy atom. The van der Waals surface area contributed by atoms with E-state index >= 15 is 0 Å². The van der Waals surface area contributed by atoms with Gasteiger partial charge in [0, 0.05) is 18.7 Å². The van der Waals surface area contributed by atoms with Crippen molar-refractivity contribution in [3.63, 3.8) is 0 Å². The molecule has 2 heterocycles. The first-order valence-electron chi connectivity index (χ1n) is 14.9. The minimum absolute atomic E-state index is 0.0407. The Balaban J connectivity index is 1.32. The van der Waals surface area contributed by atoms with Crippen LogP contribution in [0.3, 0.4) is 0 Å². The molecule has 2 aromatic rings. The van der Waals surface area contributed by atoms with E-state index in [9.17, 15) is 24.4 Å². The lowest BCUT2D eigenvalue weighted by Gasteiger charge is -2.32. The fourth-order valence-electron chi connectivity index (χ4n) is 6.10. The molecular weight excluding hydrogens is 546 g/mol. The highest BCUT2D eigenvalue weighted by molar-refractivity contribution is 6.07. The predicted molar refractivity (Wildman–Crippen MR) is 159 cm³/mol. The largest absolute Gasteiger partial charge is 0.445 e. The predicted octanol–water partition coefficient (Wildman–Crippen LogP) is 4.02. The fraction of sp³-hybridized carbons (Fsp3) is 0.485. The zero-order valence-corrected chi connectivity index (χ0v) is 24.9. The van der Waals surface area contributed by atoms with E-state index in [4.69, 9.17) is 4.74 Å². The quantitative estimate of drug-likeness (QED) is 0.406.